The number of aliphatic hydroxyl groups is 1. The average Bonchev–Trinajstić information content (AvgIpc) is 3.31. The molecule has 1 N–H and O–H groups in total. The van der Waals surface area contributed by atoms with Gasteiger partial charge in [-0.1, -0.05) is 37.3 Å². The van der Waals surface area contributed by atoms with Crippen LogP contribution in [0.15, 0.2) is 58.6 Å². The number of likely N-dealkylation sites (tertiary alicyclic amines) is 1. The molecular formula is C24H28N4O3. The number of piperidine rings is 1. The van der Waals surface area contributed by atoms with Gasteiger partial charge in [0.2, 0.25) is 5.91 Å². The molecule has 0 unspecified atom stereocenters. The number of hydrogen-bond donors (Lipinski definition) is 1. The summed E-state index contributed by atoms with van der Waals surface area (Å²) in [6.07, 6.45) is 6.38. The van der Waals surface area contributed by atoms with Crippen molar-refractivity contribution in [1.29, 1.82) is 0 Å². The molecule has 4 rings (SSSR count). The first-order valence-electron chi connectivity index (χ1n) is 10.7. The second kappa shape index (κ2) is 8.98. The lowest BCUT2D eigenvalue weighted by molar-refractivity contribution is -0.136. The first kappa shape index (κ1) is 21.2. The van der Waals surface area contributed by atoms with Crippen LogP contribution >= 0.6 is 0 Å². The SMILES string of the molecule is C[C@H](CC(=O)N1CCC(O)(Cn2cnc(C3=CC=NC3)cc2=O)CC1)c1ccccc1. The zero-order chi connectivity index (χ0) is 21.8. The highest BCUT2D eigenvalue weighted by atomic mass is 16.3. The molecule has 0 saturated carbocycles. The number of allylic oxidation sites excluding steroid dienone is 1. The van der Waals surface area contributed by atoms with E-state index in [2.05, 4.69) is 16.9 Å². The molecule has 1 atom stereocenters. The fraction of sp³-hybridized carbons (Fsp3) is 0.417. The van der Waals surface area contributed by atoms with E-state index in [4.69, 9.17) is 0 Å². The highest BCUT2D eigenvalue weighted by molar-refractivity contribution is 5.88. The number of hydrogen-bond acceptors (Lipinski definition) is 5. The Kier molecular flexibility index (Phi) is 6.13. The van der Waals surface area contributed by atoms with E-state index in [1.807, 2.05) is 41.3 Å². The minimum Gasteiger partial charge on any atom is -0.388 e. The molecule has 1 saturated heterocycles. The second-order valence-corrected chi connectivity index (χ2v) is 8.54. The third kappa shape index (κ3) is 4.99. The number of benzene rings is 1. The lowest BCUT2D eigenvalue weighted by atomic mass is 9.90. The van der Waals surface area contributed by atoms with Gasteiger partial charge in [0.25, 0.3) is 5.56 Å². The molecule has 0 aliphatic carbocycles. The molecule has 7 heteroatoms. The van der Waals surface area contributed by atoms with E-state index in [0.717, 1.165) is 11.1 Å². The number of rotatable bonds is 6. The Morgan fingerprint density at radius 2 is 1.97 bits per heavy atom. The minimum absolute atomic E-state index is 0.105. The van der Waals surface area contributed by atoms with Crippen LogP contribution in [0, 0.1) is 0 Å². The van der Waals surface area contributed by atoms with Crippen molar-refractivity contribution >= 4 is 17.7 Å². The summed E-state index contributed by atoms with van der Waals surface area (Å²) in [5.74, 6) is 0.256. The molecule has 31 heavy (non-hydrogen) atoms. The molecule has 2 aliphatic rings. The van der Waals surface area contributed by atoms with Crippen LogP contribution in [0.2, 0.25) is 0 Å². The molecule has 2 aromatic rings. The number of carbonyl (C=O) groups excluding carboxylic acids is 1. The Bertz CT molecular complexity index is 1050. The van der Waals surface area contributed by atoms with Gasteiger partial charge in [0.05, 0.1) is 30.7 Å². The topological polar surface area (TPSA) is 87.8 Å². The molecule has 0 bridgehead atoms. The van der Waals surface area contributed by atoms with E-state index in [-0.39, 0.29) is 23.9 Å². The van der Waals surface area contributed by atoms with Crippen LogP contribution < -0.4 is 5.56 Å². The van der Waals surface area contributed by atoms with E-state index < -0.39 is 5.60 Å². The molecule has 1 amide bonds. The standard InChI is InChI=1S/C24H28N4O3/c1-18(19-5-3-2-4-6-19)13-22(29)27-11-8-24(31,9-12-27)16-28-17-26-21(14-23(28)30)20-7-10-25-15-20/h2-7,10,14,17-18,31H,8-9,11-13,15-16H2,1H3/t18-/m1/s1. The molecule has 1 aromatic carbocycles. The van der Waals surface area contributed by atoms with Crippen molar-refractivity contribution in [3.05, 3.63) is 70.4 Å². The Balaban J connectivity index is 1.33. The summed E-state index contributed by atoms with van der Waals surface area (Å²) < 4.78 is 1.45. The first-order chi connectivity index (χ1) is 14.9. The van der Waals surface area contributed by atoms with Gasteiger partial charge < -0.3 is 10.0 Å². The number of carbonyl (C=O) groups is 1. The zero-order valence-corrected chi connectivity index (χ0v) is 17.8. The molecule has 0 radical (unpaired) electrons. The molecule has 1 fully saturated rings. The summed E-state index contributed by atoms with van der Waals surface area (Å²) in [6.45, 7) is 3.75. The lowest BCUT2D eigenvalue weighted by Crippen LogP contribution is -2.49. The van der Waals surface area contributed by atoms with Gasteiger partial charge in [-0.25, -0.2) is 4.98 Å². The largest absolute Gasteiger partial charge is 0.388 e. The lowest BCUT2D eigenvalue weighted by Gasteiger charge is -2.38. The highest BCUT2D eigenvalue weighted by Gasteiger charge is 2.34. The van der Waals surface area contributed by atoms with E-state index in [9.17, 15) is 14.7 Å². The van der Waals surface area contributed by atoms with Crippen LogP contribution in [-0.2, 0) is 11.3 Å². The predicted molar refractivity (Wildman–Crippen MR) is 120 cm³/mol. The fourth-order valence-electron chi connectivity index (χ4n) is 4.17. The van der Waals surface area contributed by atoms with Crippen LogP contribution in [0.3, 0.4) is 0 Å². The number of aromatic nitrogens is 2. The van der Waals surface area contributed by atoms with E-state index in [1.165, 1.54) is 17.0 Å². The quantitative estimate of drug-likeness (QED) is 0.777. The molecular weight excluding hydrogens is 392 g/mol. The van der Waals surface area contributed by atoms with Gasteiger partial charge in [0.1, 0.15) is 0 Å². The average molecular weight is 421 g/mol. The van der Waals surface area contributed by atoms with Crippen LogP contribution in [0.25, 0.3) is 5.57 Å². The van der Waals surface area contributed by atoms with Crippen molar-refractivity contribution in [1.82, 2.24) is 14.5 Å². The van der Waals surface area contributed by atoms with Crippen molar-refractivity contribution < 1.29 is 9.90 Å². The zero-order valence-electron chi connectivity index (χ0n) is 17.8. The van der Waals surface area contributed by atoms with Gasteiger partial charge in [-0.15, -0.1) is 0 Å². The van der Waals surface area contributed by atoms with Gasteiger partial charge in [0, 0.05) is 37.4 Å². The van der Waals surface area contributed by atoms with Gasteiger partial charge in [-0.05, 0) is 30.4 Å². The summed E-state index contributed by atoms with van der Waals surface area (Å²) >= 11 is 0. The van der Waals surface area contributed by atoms with E-state index >= 15 is 0 Å². The number of nitrogens with zero attached hydrogens (tertiary/aromatic N) is 4. The minimum atomic E-state index is -1.02. The summed E-state index contributed by atoms with van der Waals surface area (Å²) in [7, 11) is 0. The molecule has 1 aromatic heterocycles. The summed E-state index contributed by atoms with van der Waals surface area (Å²) in [5.41, 5.74) is 1.48. The Labute approximate surface area is 181 Å². The van der Waals surface area contributed by atoms with Crippen molar-refractivity contribution in [2.45, 2.75) is 44.2 Å². The van der Waals surface area contributed by atoms with Gasteiger partial charge >= 0.3 is 0 Å². The van der Waals surface area contributed by atoms with Crippen molar-refractivity contribution in [2.24, 2.45) is 4.99 Å². The molecule has 162 valence electrons. The van der Waals surface area contributed by atoms with E-state index in [0.29, 0.717) is 44.6 Å². The van der Waals surface area contributed by atoms with Crippen LogP contribution in [0.4, 0.5) is 0 Å². The predicted octanol–water partition coefficient (Wildman–Crippen LogP) is 2.26. The maximum absolute atomic E-state index is 12.7. The molecule has 0 spiro atoms. The van der Waals surface area contributed by atoms with Crippen molar-refractivity contribution in [3.63, 3.8) is 0 Å². The molecule has 7 nitrogen and oxygen atoms in total. The van der Waals surface area contributed by atoms with Crippen molar-refractivity contribution in [2.75, 3.05) is 19.6 Å². The highest BCUT2D eigenvalue weighted by Crippen LogP contribution is 2.26. The Morgan fingerprint density at radius 3 is 2.61 bits per heavy atom. The normalized spacial score (nSPS) is 18.6. The monoisotopic (exact) mass is 420 g/mol. The number of aliphatic imine (C=N–C) groups is 1. The van der Waals surface area contributed by atoms with Gasteiger partial charge in [-0.2, -0.15) is 0 Å². The van der Waals surface area contributed by atoms with Crippen LogP contribution in [-0.4, -0.2) is 56.9 Å². The summed E-state index contributed by atoms with van der Waals surface area (Å²) in [6, 6.07) is 11.5. The molecule has 2 aliphatic heterocycles. The molecule has 3 heterocycles. The second-order valence-electron chi connectivity index (χ2n) is 8.54. The van der Waals surface area contributed by atoms with Gasteiger partial charge in [0.15, 0.2) is 0 Å². The summed E-state index contributed by atoms with van der Waals surface area (Å²) in [4.78, 5) is 35.6. The smallest absolute Gasteiger partial charge is 0.253 e. The number of amides is 1. The van der Waals surface area contributed by atoms with Crippen molar-refractivity contribution in [3.8, 4) is 0 Å². The third-order valence-electron chi connectivity index (χ3n) is 6.21. The third-order valence-corrected chi connectivity index (χ3v) is 6.21. The van der Waals surface area contributed by atoms with E-state index in [1.54, 1.807) is 6.21 Å². The fourth-order valence-corrected chi connectivity index (χ4v) is 4.17. The maximum Gasteiger partial charge on any atom is 0.253 e. The van der Waals surface area contributed by atoms with Gasteiger partial charge in [-0.3, -0.25) is 19.1 Å². The Morgan fingerprint density at radius 1 is 1.23 bits per heavy atom. The maximum atomic E-state index is 12.7. The van der Waals surface area contributed by atoms with Crippen LogP contribution in [0.5, 0.6) is 0 Å². The summed E-state index contributed by atoms with van der Waals surface area (Å²) in [5, 5.41) is 11.0. The van der Waals surface area contributed by atoms with Crippen LogP contribution in [0.1, 0.15) is 43.4 Å². The first-order valence-corrected chi connectivity index (χ1v) is 10.7. The Hall–Kier alpha value is -3.06.